The Morgan fingerprint density at radius 3 is 2.77 bits per heavy atom. The molecule has 0 aliphatic heterocycles. The van der Waals surface area contributed by atoms with Crippen LogP contribution < -0.4 is 5.32 Å². The first-order valence-corrected chi connectivity index (χ1v) is 7.89. The number of carbonyl (C=O) groups excluding carboxylic acids is 1. The van der Waals surface area contributed by atoms with E-state index in [0.29, 0.717) is 18.3 Å². The Kier molecular flexibility index (Phi) is 5.97. The summed E-state index contributed by atoms with van der Waals surface area (Å²) in [6.07, 6.45) is 0. The predicted molar refractivity (Wildman–Crippen MR) is 86.6 cm³/mol. The second-order valence-corrected chi connectivity index (χ2v) is 6.08. The number of hydrogen-bond donors (Lipinski definition) is 1. The standard InChI is InChI=1S/C15H20N4O2S/c1-11(14(20)16-9-10-21-3)22-15-18-17-13(19(15)2)12-7-5-4-6-8-12/h4-8,11H,9-10H2,1-3H3,(H,16,20)/t11-/m0/s1. The van der Waals surface area contributed by atoms with E-state index in [-0.39, 0.29) is 11.2 Å². The molecule has 1 heterocycles. The third kappa shape index (κ3) is 4.08. The third-order valence-corrected chi connectivity index (χ3v) is 4.26. The number of thioether (sulfide) groups is 1. The molecule has 0 bridgehead atoms. The van der Waals surface area contributed by atoms with Crippen LogP contribution in [-0.2, 0) is 16.6 Å². The number of nitrogens with one attached hydrogen (secondary N) is 1. The lowest BCUT2D eigenvalue weighted by Crippen LogP contribution is -2.33. The molecule has 1 aromatic carbocycles. The molecule has 7 heteroatoms. The van der Waals surface area contributed by atoms with Gasteiger partial charge in [0.2, 0.25) is 5.91 Å². The normalized spacial score (nSPS) is 12.1. The number of ether oxygens (including phenoxy) is 1. The van der Waals surface area contributed by atoms with Gasteiger partial charge in [-0.2, -0.15) is 0 Å². The maximum atomic E-state index is 12.0. The van der Waals surface area contributed by atoms with Crippen molar-refractivity contribution in [3.63, 3.8) is 0 Å². The van der Waals surface area contributed by atoms with E-state index in [0.717, 1.165) is 11.4 Å². The largest absolute Gasteiger partial charge is 0.383 e. The summed E-state index contributed by atoms with van der Waals surface area (Å²) in [7, 11) is 3.51. The van der Waals surface area contributed by atoms with E-state index in [2.05, 4.69) is 15.5 Å². The molecule has 1 atom stereocenters. The number of rotatable bonds is 7. The average Bonchev–Trinajstić information content (AvgIpc) is 2.89. The van der Waals surface area contributed by atoms with E-state index in [4.69, 9.17) is 4.74 Å². The lowest BCUT2D eigenvalue weighted by atomic mass is 10.2. The molecule has 0 radical (unpaired) electrons. The number of aromatic nitrogens is 3. The molecule has 0 fully saturated rings. The summed E-state index contributed by atoms with van der Waals surface area (Å²) in [6.45, 7) is 2.86. The van der Waals surface area contributed by atoms with Gasteiger partial charge in [0.25, 0.3) is 0 Å². The van der Waals surface area contributed by atoms with Gasteiger partial charge in [-0.05, 0) is 6.92 Å². The minimum atomic E-state index is -0.247. The number of carbonyl (C=O) groups is 1. The van der Waals surface area contributed by atoms with Gasteiger partial charge < -0.3 is 14.6 Å². The molecule has 118 valence electrons. The molecule has 6 nitrogen and oxygen atoms in total. The maximum Gasteiger partial charge on any atom is 0.233 e. The number of benzene rings is 1. The van der Waals surface area contributed by atoms with Crippen molar-refractivity contribution in [1.29, 1.82) is 0 Å². The van der Waals surface area contributed by atoms with E-state index in [9.17, 15) is 4.79 Å². The van der Waals surface area contributed by atoms with Crippen LogP contribution in [0, 0.1) is 0 Å². The molecule has 0 spiro atoms. The van der Waals surface area contributed by atoms with Crippen LogP contribution in [0.5, 0.6) is 0 Å². The minimum Gasteiger partial charge on any atom is -0.383 e. The van der Waals surface area contributed by atoms with Crippen LogP contribution in [-0.4, -0.2) is 46.2 Å². The summed E-state index contributed by atoms with van der Waals surface area (Å²) < 4.78 is 6.82. The Balaban J connectivity index is 2.02. The van der Waals surface area contributed by atoms with Crippen LogP contribution in [0.25, 0.3) is 11.4 Å². The number of methoxy groups -OCH3 is 1. The van der Waals surface area contributed by atoms with Crippen LogP contribution >= 0.6 is 11.8 Å². The maximum absolute atomic E-state index is 12.0. The van der Waals surface area contributed by atoms with E-state index in [1.165, 1.54) is 11.8 Å². The Morgan fingerprint density at radius 1 is 1.36 bits per heavy atom. The summed E-state index contributed by atoms with van der Waals surface area (Å²) in [4.78, 5) is 12.0. The highest BCUT2D eigenvalue weighted by Gasteiger charge is 2.18. The van der Waals surface area contributed by atoms with Gasteiger partial charge in [0, 0.05) is 26.3 Å². The molecule has 0 aliphatic carbocycles. The molecule has 0 aliphatic rings. The third-order valence-electron chi connectivity index (χ3n) is 3.12. The van der Waals surface area contributed by atoms with Gasteiger partial charge in [-0.25, -0.2) is 0 Å². The summed E-state index contributed by atoms with van der Waals surface area (Å²) >= 11 is 1.39. The fourth-order valence-electron chi connectivity index (χ4n) is 1.89. The zero-order chi connectivity index (χ0) is 15.9. The summed E-state index contributed by atoms with van der Waals surface area (Å²) in [6, 6.07) is 9.85. The van der Waals surface area contributed by atoms with Gasteiger partial charge in [0.1, 0.15) is 0 Å². The van der Waals surface area contributed by atoms with Crippen LogP contribution in [0.15, 0.2) is 35.5 Å². The van der Waals surface area contributed by atoms with E-state index in [1.807, 2.05) is 48.9 Å². The van der Waals surface area contributed by atoms with E-state index in [1.54, 1.807) is 7.11 Å². The first-order chi connectivity index (χ1) is 10.6. The quantitative estimate of drug-likeness (QED) is 0.621. The van der Waals surface area contributed by atoms with Gasteiger partial charge in [-0.3, -0.25) is 4.79 Å². The Morgan fingerprint density at radius 2 is 2.09 bits per heavy atom. The molecule has 0 saturated carbocycles. The first kappa shape index (κ1) is 16.5. The summed E-state index contributed by atoms with van der Waals surface area (Å²) in [5.41, 5.74) is 1.00. The second kappa shape index (κ2) is 7.95. The highest BCUT2D eigenvalue weighted by atomic mass is 32.2. The molecule has 0 unspecified atom stereocenters. The van der Waals surface area contributed by atoms with Crippen molar-refractivity contribution in [2.75, 3.05) is 20.3 Å². The van der Waals surface area contributed by atoms with E-state index >= 15 is 0 Å². The predicted octanol–water partition coefficient (Wildman–Crippen LogP) is 1.73. The zero-order valence-electron chi connectivity index (χ0n) is 12.9. The summed E-state index contributed by atoms with van der Waals surface area (Å²) in [5, 5.41) is 11.7. The SMILES string of the molecule is COCCNC(=O)[C@H](C)Sc1nnc(-c2ccccc2)n1C. The smallest absolute Gasteiger partial charge is 0.233 e. The topological polar surface area (TPSA) is 69.0 Å². The highest BCUT2D eigenvalue weighted by Crippen LogP contribution is 2.25. The Bertz CT molecular complexity index is 615. The Labute approximate surface area is 134 Å². The zero-order valence-corrected chi connectivity index (χ0v) is 13.8. The number of hydrogen-bond acceptors (Lipinski definition) is 5. The van der Waals surface area contributed by atoms with E-state index < -0.39 is 0 Å². The average molecular weight is 320 g/mol. The molecule has 0 saturated heterocycles. The van der Waals surface area contributed by atoms with Gasteiger partial charge in [0.05, 0.1) is 11.9 Å². The highest BCUT2D eigenvalue weighted by molar-refractivity contribution is 8.00. The minimum absolute atomic E-state index is 0.0358. The van der Waals surface area contributed by atoms with Crippen molar-refractivity contribution < 1.29 is 9.53 Å². The first-order valence-electron chi connectivity index (χ1n) is 7.01. The van der Waals surface area contributed by atoms with Crippen molar-refractivity contribution in [1.82, 2.24) is 20.1 Å². The van der Waals surface area contributed by atoms with Crippen molar-refractivity contribution in [3.8, 4) is 11.4 Å². The molecule has 22 heavy (non-hydrogen) atoms. The van der Waals surface area contributed by atoms with Gasteiger partial charge >= 0.3 is 0 Å². The lowest BCUT2D eigenvalue weighted by molar-refractivity contribution is -0.120. The van der Waals surface area contributed by atoms with Crippen molar-refractivity contribution in [2.45, 2.75) is 17.3 Å². The van der Waals surface area contributed by atoms with Crippen molar-refractivity contribution >= 4 is 17.7 Å². The molecule has 1 aromatic heterocycles. The number of nitrogens with zero attached hydrogens (tertiary/aromatic N) is 3. The second-order valence-electron chi connectivity index (χ2n) is 4.78. The molecular formula is C15H20N4O2S. The van der Waals surface area contributed by atoms with Gasteiger partial charge in [-0.1, -0.05) is 42.1 Å². The molecule has 1 amide bonds. The molecular weight excluding hydrogens is 300 g/mol. The van der Waals surface area contributed by atoms with Gasteiger partial charge in [0.15, 0.2) is 11.0 Å². The van der Waals surface area contributed by atoms with Crippen LogP contribution in [0.2, 0.25) is 0 Å². The fraction of sp³-hybridized carbons (Fsp3) is 0.400. The molecule has 2 rings (SSSR count). The lowest BCUT2D eigenvalue weighted by Gasteiger charge is -2.11. The van der Waals surface area contributed by atoms with Crippen LogP contribution in [0.1, 0.15) is 6.92 Å². The van der Waals surface area contributed by atoms with Crippen LogP contribution in [0.3, 0.4) is 0 Å². The Hall–Kier alpha value is -1.86. The molecule has 1 N–H and O–H groups in total. The summed E-state index contributed by atoms with van der Waals surface area (Å²) in [5.74, 6) is 0.751. The fourth-order valence-corrected chi connectivity index (χ4v) is 2.73. The van der Waals surface area contributed by atoms with Crippen molar-refractivity contribution in [3.05, 3.63) is 30.3 Å². The van der Waals surface area contributed by atoms with Gasteiger partial charge in [-0.15, -0.1) is 10.2 Å². The van der Waals surface area contributed by atoms with Crippen LogP contribution in [0.4, 0.5) is 0 Å². The molecule has 2 aromatic rings. The van der Waals surface area contributed by atoms with Crippen molar-refractivity contribution in [2.24, 2.45) is 7.05 Å². The number of amides is 1. The monoisotopic (exact) mass is 320 g/mol.